The van der Waals surface area contributed by atoms with E-state index >= 15 is 0 Å². The predicted molar refractivity (Wildman–Crippen MR) is 104 cm³/mol. The van der Waals surface area contributed by atoms with Crippen LogP contribution in [0.4, 0.5) is 5.69 Å². The highest BCUT2D eigenvalue weighted by Crippen LogP contribution is 2.33. The summed E-state index contributed by atoms with van der Waals surface area (Å²) in [6.45, 7) is 0. The average molecular weight is 417 g/mol. The summed E-state index contributed by atoms with van der Waals surface area (Å²) in [6, 6.07) is 14.2. The molecule has 3 rings (SSSR count). The summed E-state index contributed by atoms with van der Waals surface area (Å²) in [7, 11) is 1.70. The molecular weight excluding hydrogens is 404 g/mol. The van der Waals surface area contributed by atoms with Crippen molar-refractivity contribution in [1.29, 1.82) is 0 Å². The molecule has 2 aromatic rings. The monoisotopic (exact) mass is 416 g/mol. The topological polar surface area (TPSA) is 70.0 Å². The van der Waals surface area contributed by atoms with Crippen LogP contribution in [0, 0.1) is 0 Å². The number of hydrogen-bond donors (Lipinski definition) is 1. The summed E-state index contributed by atoms with van der Waals surface area (Å²) in [6.07, 6.45) is 1.77. The highest BCUT2D eigenvalue weighted by atomic mass is 79.9. The van der Waals surface area contributed by atoms with Crippen molar-refractivity contribution in [3.8, 4) is 0 Å². The molecule has 0 aliphatic carbocycles. The van der Waals surface area contributed by atoms with Crippen LogP contribution in [0.2, 0.25) is 0 Å². The number of carboxylic acid groups (broad SMARTS) is 1. The zero-order valence-corrected chi connectivity index (χ0v) is 15.5. The number of carbonyl (C=O) groups excluding carboxylic acids is 1. The lowest BCUT2D eigenvalue weighted by Crippen LogP contribution is -2.24. The van der Waals surface area contributed by atoms with Gasteiger partial charge >= 0.3 is 5.97 Å². The first-order chi connectivity index (χ1) is 12.0. The number of para-hydroxylation sites is 1. The fourth-order valence-corrected chi connectivity index (χ4v) is 3.64. The number of amidine groups is 1. The fraction of sp³-hybridized carbons (Fsp3) is 0.0556. The van der Waals surface area contributed by atoms with Gasteiger partial charge in [-0.05, 0) is 47.7 Å². The van der Waals surface area contributed by atoms with E-state index in [9.17, 15) is 14.7 Å². The summed E-state index contributed by atoms with van der Waals surface area (Å²) in [5.74, 6) is -1.36. The lowest BCUT2D eigenvalue weighted by molar-refractivity contribution is -0.113. The minimum Gasteiger partial charge on any atom is -0.478 e. The van der Waals surface area contributed by atoms with Crippen LogP contribution in [0.1, 0.15) is 15.9 Å². The van der Waals surface area contributed by atoms with Crippen LogP contribution < -0.4 is 4.90 Å². The maximum absolute atomic E-state index is 12.2. The van der Waals surface area contributed by atoms with Gasteiger partial charge in [0.25, 0.3) is 5.91 Å². The van der Waals surface area contributed by atoms with Gasteiger partial charge in [-0.15, -0.1) is 0 Å². The number of thioether (sulfide) groups is 1. The molecule has 0 unspecified atom stereocenters. The fourth-order valence-electron chi connectivity index (χ4n) is 2.34. The molecule has 0 fully saturated rings. The summed E-state index contributed by atoms with van der Waals surface area (Å²) < 4.78 is 0.922. The van der Waals surface area contributed by atoms with Crippen LogP contribution in [0.15, 0.2) is 62.9 Å². The molecule has 2 aromatic carbocycles. The number of benzene rings is 2. The molecule has 0 atom stereocenters. The van der Waals surface area contributed by atoms with Crippen molar-refractivity contribution in [2.75, 3.05) is 11.9 Å². The van der Waals surface area contributed by atoms with Crippen molar-refractivity contribution in [1.82, 2.24) is 0 Å². The molecular formula is C18H13BrN2O3S. The third kappa shape index (κ3) is 3.83. The lowest BCUT2D eigenvalue weighted by atomic mass is 10.1. The largest absolute Gasteiger partial charge is 0.478 e. The van der Waals surface area contributed by atoms with Gasteiger partial charge in [0.15, 0.2) is 5.17 Å². The number of halogens is 1. The van der Waals surface area contributed by atoms with Crippen LogP contribution in [0.3, 0.4) is 0 Å². The first-order valence-corrected chi connectivity index (χ1v) is 8.91. The van der Waals surface area contributed by atoms with Crippen molar-refractivity contribution < 1.29 is 14.7 Å². The minimum atomic E-state index is -1.03. The lowest BCUT2D eigenvalue weighted by Gasteiger charge is -2.19. The van der Waals surface area contributed by atoms with E-state index in [0.29, 0.717) is 15.8 Å². The third-order valence-electron chi connectivity index (χ3n) is 3.54. The van der Waals surface area contributed by atoms with Crippen molar-refractivity contribution in [3.05, 3.63) is 69.0 Å². The van der Waals surface area contributed by atoms with Crippen LogP contribution in [0.25, 0.3) is 6.08 Å². The molecule has 0 saturated heterocycles. The number of aliphatic imine (C=N–C) groups is 1. The molecule has 1 heterocycles. The van der Waals surface area contributed by atoms with Gasteiger partial charge in [0.05, 0.1) is 16.2 Å². The summed E-state index contributed by atoms with van der Waals surface area (Å²) >= 11 is 4.62. The number of amides is 1. The Morgan fingerprint density at radius 2 is 2.00 bits per heavy atom. The Morgan fingerprint density at radius 1 is 1.24 bits per heavy atom. The van der Waals surface area contributed by atoms with E-state index in [1.165, 1.54) is 17.8 Å². The Bertz CT molecular complexity index is 924. The number of carbonyl (C=O) groups is 2. The highest BCUT2D eigenvalue weighted by molar-refractivity contribution is 9.10. The second-order valence-corrected chi connectivity index (χ2v) is 7.17. The van der Waals surface area contributed by atoms with Crippen molar-refractivity contribution >= 4 is 56.5 Å². The van der Waals surface area contributed by atoms with Gasteiger partial charge in [-0.1, -0.05) is 40.2 Å². The van der Waals surface area contributed by atoms with Gasteiger partial charge in [0, 0.05) is 11.5 Å². The third-order valence-corrected chi connectivity index (χ3v) is 5.09. The van der Waals surface area contributed by atoms with E-state index in [4.69, 9.17) is 0 Å². The zero-order chi connectivity index (χ0) is 18.0. The number of hydrogen-bond acceptors (Lipinski definition) is 4. The molecule has 0 spiro atoms. The van der Waals surface area contributed by atoms with E-state index in [-0.39, 0.29) is 11.5 Å². The van der Waals surface area contributed by atoms with E-state index in [1.54, 1.807) is 36.2 Å². The van der Waals surface area contributed by atoms with Gasteiger partial charge in [0.1, 0.15) is 0 Å². The zero-order valence-electron chi connectivity index (χ0n) is 13.1. The van der Waals surface area contributed by atoms with Gasteiger partial charge in [-0.25, -0.2) is 4.79 Å². The van der Waals surface area contributed by atoms with Crippen LogP contribution >= 0.6 is 27.7 Å². The Morgan fingerprint density at radius 3 is 2.72 bits per heavy atom. The molecule has 1 aliphatic rings. The normalized spacial score (nSPS) is 15.4. The molecule has 1 N–H and O–H groups in total. The molecule has 1 aliphatic heterocycles. The maximum Gasteiger partial charge on any atom is 0.337 e. The number of anilines is 1. The first kappa shape index (κ1) is 17.4. The smallest absolute Gasteiger partial charge is 0.337 e. The minimum absolute atomic E-state index is 0.158. The van der Waals surface area contributed by atoms with Crippen LogP contribution in [-0.4, -0.2) is 29.2 Å². The highest BCUT2D eigenvalue weighted by Gasteiger charge is 2.26. The molecule has 126 valence electrons. The second-order valence-electron chi connectivity index (χ2n) is 5.25. The van der Waals surface area contributed by atoms with E-state index in [0.717, 1.165) is 10.0 Å². The Balaban J connectivity index is 1.87. The van der Waals surface area contributed by atoms with E-state index < -0.39 is 5.97 Å². The standard InChI is InChI=1S/C18H13BrN2O3S/c1-21(14-8-3-2-7-13(14)17(23)24)18-20-16(22)15(25-18)10-11-5-4-6-12(19)9-11/h2-10H,1H3,(H,23,24)/b15-10-. The van der Waals surface area contributed by atoms with Gasteiger partial charge in [-0.2, -0.15) is 4.99 Å². The number of rotatable bonds is 3. The van der Waals surface area contributed by atoms with Crippen LogP contribution in [-0.2, 0) is 4.79 Å². The van der Waals surface area contributed by atoms with Crippen molar-refractivity contribution in [2.45, 2.75) is 0 Å². The number of aromatic carboxylic acids is 1. The van der Waals surface area contributed by atoms with Gasteiger partial charge in [-0.3, -0.25) is 4.79 Å². The van der Waals surface area contributed by atoms with Gasteiger partial charge < -0.3 is 10.0 Å². The van der Waals surface area contributed by atoms with Crippen molar-refractivity contribution in [2.24, 2.45) is 4.99 Å². The first-order valence-electron chi connectivity index (χ1n) is 7.30. The summed E-state index contributed by atoms with van der Waals surface area (Å²) in [4.78, 5) is 29.8. The number of nitrogens with zero attached hydrogens (tertiary/aromatic N) is 2. The SMILES string of the molecule is CN(C1=NC(=O)/C(=C/c2cccc(Br)c2)S1)c1ccccc1C(=O)O. The second kappa shape index (κ2) is 7.25. The molecule has 0 saturated carbocycles. The van der Waals surface area contributed by atoms with Gasteiger partial charge in [0.2, 0.25) is 0 Å². The Hall–Kier alpha value is -2.38. The predicted octanol–water partition coefficient (Wildman–Crippen LogP) is 4.25. The molecule has 0 bridgehead atoms. The number of carboxylic acids is 1. The molecule has 7 heteroatoms. The maximum atomic E-state index is 12.2. The molecule has 5 nitrogen and oxygen atoms in total. The summed E-state index contributed by atoms with van der Waals surface area (Å²) in [5.41, 5.74) is 1.53. The van der Waals surface area contributed by atoms with E-state index in [1.807, 2.05) is 24.3 Å². The molecule has 0 radical (unpaired) electrons. The van der Waals surface area contributed by atoms with Crippen LogP contribution in [0.5, 0.6) is 0 Å². The Labute approximate surface area is 157 Å². The summed E-state index contributed by atoms with van der Waals surface area (Å²) in [5, 5.41) is 9.77. The van der Waals surface area contributed by atoms with Crippen molar-refractivity contribution in [3.63, 3.8) is 0 Å². The average Bonchev–Trinajstić information content (AvgIpc) is 2.95. The quantitative estimate of drug-likeness (QED) is 0.757. The molecule has 25 heavy (non-hydrogen) atoms. The Kier molecular flexibility index (Phi) is 5.06. The molecule has 0 aromatic heterocycles. The molecule has 1 amide bonds. The van der Waals surface area contributed by atoms with E-state index in [2.05, 4.69) is 20.9 Å².